The van der Waals surface area contributed by atoms with Gasteiger partial charge in [0, 0.05) is 11.1 Å². The first-order chi connectivity index (χ1) is 12.3. The molecule has 25 heavy (non-hydrogen) atoms. The Kier molecular flexibility index (Phi) is 4.35. The number of nitrogens with one attached hydrogen (secondary N) is 1. The molecule has 5 nitrogen and oxygen atoms in total. The second-order valence-electron chi connectivity index (χ2n) is 5.53. The van der Waals surface area contributed by atoms with Crippen molar-refractivity contribution in [2.24, 2.45) is 0 Å². The number of carbonyl (C=O) groups excluding carboxylic acids is 1. The third-order valence-corrected chi connectivity index (χ3v) is 4.95. The van der Waals surface area contributed by atoms with E-state index in [0.717, 1.165) is 27.6 Å². The summed E-state index contributed by atoms with van der Waals surface area (Å²) in [6.07, 6.45) is 1.71. The maximum Gasteiger partial charge on any atom is 0.261 e. The predicted molar refractivity (Wildman–Crippen MR) is 96.2 cm³/mol. The second-order valence-corrected chi connectivity index (χ2v) is 6.61. The summed E-state index contributed by atoms with van der Waals surface area (Å²) in [6.45, 7) is 1.55. The molecule has 0 atom stereocenters. The van der Waals surface area contributed by atoms with Gasteiger partial charge in [-0.1, -0.05) is 6.07 Å². The van der Waals surface area contributed by atoms with Crippen LogP contribution in [-0.4, -0.2) is 24.1 Å². The molecule has 1 aromatic carbocycles. The minimum absolute atomic E-state index is 0.0977. The third kappa shape index (κ3) is 3.49. The summed E-state index contributed by atoms with van der Waals surface area (Å²) >= 11 is 1.45. The minimum Gasteiger partial charge on any atom is -0.486 e. The summed E-state index contributed by atoms with van der Waals surface area (Å²) in [6, 6.07) is 15.3. The van der Waals surface area contributed by atoms with Gasteiger partial charge in [-0.3, -0.25) is 9.78 Å². The van der Waals surface area contributed by atoms with E-state index in [1.54, 1.807) is 6.20 Å². The number of benzene rings is 1. The molecule has 0 unspecified atom stereocenters. The highest BCUT2D eigenvalue weighted by molar-refractivity contribution is 7.17. The fourth-order valence-corrected chi connectivity index (χ4v) is 3.49. The fraction of sp³-hybridized carbons (Fsp3) is 0.158. The van der Waals surface area contributed by atoms with Crippen LogP contribution < -0.4 is 14.8 Å². The molecular formula is C19H16N2O3S. The Hall–Kier alpha value is -2.86. The van der Waals surface area contributed by atoms with E-state index < -0.39 is 0 Å². The summed E-state index contributed by atoms with van der Waals surface area (Å²) in [5, 5.41) is 2.89. The molecule has 0 spiro atoms. The topological polar surface area (TPSA) is 60.5 Å². The van der Waals surface area contributed by atoms with E-state index in [0.29, 0.717) is 24.6 Å². The number of hydrogen-bond donors (Lipinski definition) is 1. The number of ether oxygens (including phenoxy) is 2. The zero-order chi connectivity index (χ0) is 17.1. The lowest BCUT2D eigenvalue weighted by Crippen LogP contribution is -2.22. The Labute approximate surface area is 149 Å². The number of fused-ring (bicyclic) bond motifs is 1. The van der Waals surface area contributed by atoms with Crippen LogP contribution in [0.2, 0.25) is 0 Å². The Morgan fingerprint density at radius 3 is 2.80 bits per heavy atom. The highest BCUT2D eigenvalue weighted by Gasteiger charge is 2.15. The van der Waals surface area contributed by atoms with Gasteiger partial charge < -0.3 is 14.8 Å². The molecular weight excluding hydrogens is 336 g/mol. The van der Waals surface area contributed by atoms with Crippen molar-refractivity contribution in [3.05, 3.63) is 65.3 Å². The van der Waals surface area contributed by atoms with Crippen LogP contribution in [0.15, 0.2) is 54.7 Å². The molecule has 4 rings (SSSR count). The van der Waals surface area contributed by atoms with E-state index in [4.69, 9.17) is 9.47 Å². The van der Waals surface area contributed by atoms with E-state index in [9.17, 15) is 4.79 Å². The molecule has 1 amide bonds. The van der Waals surface area contributed by atoms with Crippen LogP contribution >= 0.6 is 11.3 Å². The minimum atomic E-state index is -0.0977. The molecule has 0 bridgehead atoms. The summed E-state index contributed by atoms with van der Waals surface area (Å²) in [5.74, 6) is 1.41. The Balaban J connectivity index is 1.47. The van der Waals surface area contributed by atoms with Gasteiger partial charge in [-0.25, -0.2) is 0 Å². The average Bonchev–Trinajstić information content (AvgIpc) is 3.17. The number of pyridine rings is 1. The van der Waals surface area contributed by atoms with Gasteiger partial charge in [0.2, 0.25) is 0 Å². The maximum absolute atomic E-state index is 12.3. The van der Waals surface area contributed by atoms with Gasteiger partial charge in [-0.15, -0.1) is 11.3 Å². The standard InChI is InChI=1S/C19H16N2O3S/c22-19(21-12-14-3-1-2-8-20-14)18-7-6-17(25-18)13-4-5-15-16(11-13)24-10-9-23-15/h1-8,11H,9-10,12H2,(H,21,22). The molecule has 1 aliphatic heterocycles. The van der Waals surface area contributed by atoms with Crippen LogP contribution in [0.5, 0.6) is 11.5 Å². The van der Waals surface area contributed by atoms with Crippen molar-refractivity contribution >= 4 is 17.2 Å². The Morgan fingerprint density at radius 1 is 1.08 bits per heavy atom. The number of aromatic nitrogens is 1. The van der Waals surface area contributed by atoms with E-state index in [1.165, 1.54) is 11.3 Å². The lowest BCUT2D eigenvalue weighted by molar-refractivity contribution is 0.0954. The molecule has 0 fully saturated rings. The summed E-state index contributed by atoms with van der Waals surface area (Å²) in [4.78, 5) is 18.2. The monoisotopic (exact) mass is 352 g/mol. The van der Waals surface area contributed by atoms with Crippen LogP contribution in [-0.2, 0) is 6.54 Å². The van der Waals surface area contributed by atoms with Crippen LogP contribution in [0.3, 0.4) is 0 Å². The lowest BCUT2D eigenvalue weighted by atomic mass is 10.1. The van der Waals surface area contributed by atoms with Crippen molar-refractivity contribution in [2.75, 3.05) is 13.2 Å². The number of carbonyl (C=O) groups is 1. The highest BCUT2D eigenvalue weighted by atomic mass is 32.1. The van der Waals surface area contributed by atoms with E-state index in [1.807, 2.05) is 48.5 Å². The molecule has 0 radical (unpaired) electrons. The van der Waals surface area contributed by atoms with E-state index in [-0.39, 0.29) is 5.91 Å². The predicted octanol–water partition coefficient (Wildman–Crippen LogP) is 3.51. The van der Waals surface area contributed by atoms with Crippen molar-refractivity contribution in [1.29, 1.82) is 0 Å². The van der Waals surface area contributed by atoms with Crippen LogP contribution in [0.25, 0.3) is 10.4 Å². The summed E-state index contributed by atoms with van der Waals surface area (Å²) in [7, 11) is 0. The molecule has 0 saturated carbocycles. The van der Waals surface area contributed by atoms with Gasteiger partial charge in [-0.05, 0) is 48.0 Å². The molecule has 1 aliphatic rings. The van der Waals surface area contributed by atoms with Gasteiger partial charge in [0.1, 0.15) is 13.2 Å². The zero-order valence-corrected chi connectivity index (χ0v) is 14.2. The fourth-order valence-electron chi connectivity index (χ4n) is 2.57. The van der Waals surface area contributed by atoms with E-state index in [2.05, 4.69) is 10.3 Å². The summed E-state index contributed by atoms with van der Waals surface area (Å²) in [5.41, 5.74) is 1.84. The number of thiophene rings is 1. The molecule has 2 aromatic heterocycles. The smallest absolute Gasteiger partial charge is 0.261 e. The maximum atomic E-state index is 12.3. The second kappa shape index (κ2) is 6.94. The van der Waals surface area contributed by atoms with Gasteiger partial charge in [0.15, 0.2) is 11.5 Å². The Bertz CT molecular complexity index is 893. The molecule has 6 heteroatoms. The number of hydrogen-bond acceptors (Lipinski definition) is 5. The molecule has 0 aliphatic carbocycles. The molecule has 1 N–H and O–H groups in total. The van der Waals surface area contributed by atoms with Crippen LogP contribution in [0.1, 0.15) is 15.4 Å². The van der Waals surface area contributed by atoms with Gasteiger partial charge in [-0.2, -0.15) is 0 Å². The average molecular weight is 352 g/mol. The SMILES string of the molecule is O=C(NCc1ccccn1)c1ccc(-c2ccc3c(c2)OCCO3)s1. The zero-order valence-electron chi connectivity index (χ0n) is 13.4. The first-order valence-corrected chi connectivity index (χ1v) is 8.79. The van der Waals surface area contributed by atoms with E-state index >= 15 is 0 Å². The number of nitrogens with zero attached hydrogens (tertiary/aromatic N) is 1. The third-order valence-electron chi connectivity index (χ3n) is 3.81. The van der Waals surface area contributed by atoms with Crippen molar-refractivity contribution in [1.82, 2.24) is 10.3 Å². The molecule has 0 saturated heterocycles. The van der Waals surface area contributed by atoms with Crippen LogP contribution in [0, 0.1) is 0 Å². The van der Waals surface area contributed by atoms with Gasteiger partial charge >= 0.3 is 0 Å². The van der Waals surface area contributed by atoms with Gasteiger partial charge in [0.05, 0.1) is 17.1 Å². The van der Waals surface area contributed by atoms with Crippen molar-refractivity contribution in [2.45, 2.75) is 6.54 Å². The molecule has 126 valence electrons. The van der Waals surface area contributed by atoms with Gasteiger partial charge in [0.25, 0.3) is 5.91 Å². The molecule has 3 heterocycles. The molecule has 3 aromatic rings. The highest BCUT2D eigenvalue weighted by Crippen LogP contribution is 2.36. The van der Waals surface area contributed by atoms with Crippen molar-refractivity contribution in [3.63, 3.8) is 0 Å². The number of rotatable bonds is 4. The first kappa shape index (κ1) is 15.7. The Morgan fingerprint density at radius 2 is 1.96 bits per heavy atom. The lowest BCUT2D eigenvalue weighted by Gasteiger charge is -2.18. The number of amides is 1. The largest absolute Gasteiger partial charge is 0.486 e. The summed E-state index contributed by atoms with van der Waals surface area (Å²) < 4.78 is 11.2. The van der Waals surface area contributed by atoms with Crippen LogP contribution in [0.4, 0.5) is 0 Å². The quantitative estimate of drug-likeness (QED) is 0.781. The van der Waals surface area contributed by atoms with Crippen molar-refractivity contribution in [3.8, 4) is 21.9 Å². The first-order valence-electron chi connectivity index (χ1n) is 7.97. The van der Waals surface area contributed by atoms with Crippen molar-refractivity contribution < 1.29 is 14.3 Å². The normalized spacial score (nSPS) is 12.6.